The molecule has 0 bridgehead atoms. The van der Waals surface area contributed by atoms with E-state index in [-0.39, 0.29) is 29.5 Å². The first-order chi connectivity index (χ1) is 16.4. The van der Waals surface area contributed by atoms with E-state index in [9.17, 15) is 19.2 Å². The molecule has 0 unspecified atom stereocenters. The third kappa shape index (κ3) is 2.96. The second kappa shape index (κ2) is 8.09. The highest BCUT2D eigenvalue weighted by molar-refractivity contribution is 6.27. The van der Waals surface area contributed by atoms with E-state index >= 15 is 0 Å². The fourth-order valence-electron chi connectivity index (χ4n) is 5.09. The molecule has 3 aromatic rings. The van der Waals surface area contributed by atoms with Crippen molar-refractivity contribution >= 4 is 23.2 Å². The molecule has 5 rings (SSSR count). The van der Waals surface area contributed by atoms with Crippen LogP contribution in [0.2, 0.25) is 0 Å². The largest absolute Gasteiger partial charge is 0.332 e. The molecule has 0 saturated heterocycles. The molecule has 1 atom stereocenters. The second-order valence-corrected chi connectivity index (χ2v) is 8.76. The van der Waals surface area contributed by atoms with Crippen molar-refractivity contribution in [3.63, 3.8) is 0 Å². The van der Waals surface area contributed by atoms with Gasteiger partial charge in [0.2, 0.25) is 5.91 Å². The van der Waals surface area contributed by atoms with Crippen LogP contribution in [-0.2, 0) is 18.9 Å². The zero-order chi connectivity index (χ0) is 24.1. The predicted molar refractivity (Wildman–Crippen MR) is 130 cm³/mol. The standard InChI is InChI=1S/C27H25N3O4/c1-4-5-15-19(31)30-23-17-13-9-10-14-18(17)24(32)21(23)20(16-11-7-6-8-12-16)22-25(30)28(2)27(34)29(3)26(22)33/h6-14,20H,4-5,15H2,1-3H3/t20-/m1/s1. The molecule has 1 amide bonds. The van der Waals surface area contributed by atoms with E-state index in [1.165, 1.54) is 16.5 Å². The average Bonchev–Trinajstić information content (AvgIpc) is 3.16. The summed E-state index contributed by atoms with van der Waals surface area (Å²) in [7, 11) is 2.99. The SMILES string of the molecule is CCCCC(=O)N1C2=C(C(=O)c3ccccc32)[C@@H](c2ccccc2)c2c1n(C)c(=O)n(C)c2=O. The number of aromatic nitrogens is 2. The summed E-state index contributed by atoms with van der Waals surface area (Å²) in [5.74, 6) is -0.901. The summed E-state index contributed by atoms with van der Waals surface area (Å²) >= 11 is 0. The minimum atomic E-state index is -0.702. The van der Waals surface area contributed by atoms with Gasteiger partial charge in [0, 0.05) is 43.1 Å². The Morgan fingerprint density at radius 1 is 0.882 bits per heavy atom. The summed E-state index contributed by atoms with van der Waals surface area (Å²) in [6, 6.07) is 16.5. The van der Waals surface area contributed by atoms with Crippen LogP contribution in [0.3, 0.4) is 0 Å². The van der Waals surface area contributed by atoms with E-state index in [4.69, 9.17) is 0 Å². The van der Waals surface area contributed by atoms with Crippen LogP contribution in [0.1, 0.15) is 59.2 Å². The maximum Gasteiger partial charge on any atom is 0.332 e. The average molecular weight is 456 g/mol. The minimum Gasteiger partial charge on any atom is -0.289 e. The quantitative estimate of drug-likeness (QED) is 0.604. The van der Waals surface area contributed by atoms with E-state index in [0.717, 1.165) is 16.6 Å². The highest BCUT2D eigenvalue weighted by atomic mass is 16.2. The zero-order valence-electron chi connectivity index (χ0n) is 19.4. The van der Waals surface area contributed by atoms with E-state index in [2.05, 4.69) is 0 Å². The van der Waals surface area contributed by atoms with Gasteiger partial charge in [-0.2, -0.15) is 0 Å². The Morgan fingerprint density at radius 3 is 2.21 bits per heavy atom. The van der Waals surface area contributed by atoms with Crippen LogP contribution >= 0.6 is 0 Å². The lowest BCUT2D eigenvalue weighted by Crippen LogP contribution is -2.47. The number of anilines is 1. The van der Waals surface area contributed by atoms with Crippen LogP contribution in [0.15, 0.2) is 69.8 Å². The van der Waals surface area contributed by atoms with Crippen LogP contribution in [0.5, 0.6) is 0 Å². The van der Waals surface area contributed by atoms with Crippen molar-refractivity contribution in [2.75, 3.05) is 4.90 Å². The molecule has 0 saturated carbocycles. The van der Waals surface area contributed by atoms with Crippen LogP contribution < -0.4 is 16.1 Å². The molecule has 2 aromatic carbocycles. The predicted octanol–water partition coefficient (Wildman–Crippen LogP) is 3.36. The van der Waals surface area contributed by atoms with Gasteiger partial charge in [-0.3, -0.25) is 28.4 Å². The van der Waals surface area contributed by atoms with E-state index in [1.54, 1.807) is 19.2 Å². The maximum atomic E-state index is 13.8. The summed E-state index contributed by atoms with van der Waals surface area (Å²) < 4.78 is 2.40. The van der Waals surface area contributed by atoms with Crippen molar-refractivity contribution in [2.45, 2.75) is 32.1 Å². The number of rotatable bonds is 4. The van der Waals surface area contributed by atoms with Gasteiger partial charge < -0.3 is 0 Å². The van der Waals surface area contributed by atoms with Crippen LogP contribution in [0.25, 0.3) is 5.70 Å². The lowest BCUT2D eigenvalue weighted by atomic mass is 9.81. The van der Waals surface area contributed by atoms with Crippen molar-refractivity contribution in [1.29, 1.82) is 0 Å². The Bertz CT molecular complexity index is 1490. The number of benzene rings is 2. The van der Waals surface area contributed by atoms with Crippen molar-refractivity contribution in [2.24, 2.45) is 14.1 Å². The number of carbonyl (C=O) groups is 2. The smallest absolute Gasteiger partial charge is 0.289 e. The normalized spacial score (nSPS) is 16.4. The molecule has 0 N–H and O–H groups in total. The minimum absolute atomic E-state index is 0.200. The summed E-state index contributed by atoms with van der Waals surface area (Å²) in [4.78, 5) is 55.5. The topological polar surface area (TPSA) is 81.4 Å². The van der Waals surface area contributed by atoms with E-state index in [0.29, 0.717) is 28.8 Å². The van der Waals surface area contributed by atoms with E-state index in [1.807, 2.05) is 49.4 Å². The molecule has 7 nitrogen and oxygen atoms in total. The Hall–Kier alpha value is -4.00. The molecular formula is C27H25N3O4. The Balaban J connectivity index is 1.93. The fraction of sp³-hybridized carbons (Fsp3) is 0.259. The van der Waals surface area contributed by atoms with Crippen molar-refractivity contribution in [3.8, 4) is 0 Å². The molecule has 1 aromatic heterocycles. The first kappa shape index (κ1) is 21.8. The van der Waals surface area contributed by atoms with Gasteiger partial charge >= 0.3 is 5.69 Å². The molecule has 0 spiro atoms. The zero-order valence-corrected chi connectivity index (χ0v) is 19.4. The highest BCUT2D eigenvalue weighted by Gasteiger charge is 2.47. The first-order valence-corrected chi connectivity index (χ1v) is 11.4. The summed E-state index contributed by atoms with van der Waals surface area (Å²) in [6.07, 6.45) is 1.71. The second-order valence-electron chi connectivity index (χ2n) is 8.76. The third-order valence-electron chi connectivity index (χ3n) is 6.73. The van der Waals surface area contributed by atoms with Gasteiger partial charge in [0.25, 0.3) is 5.56 Å². The molecule has 34 heavy (non-hydrogen) atoms. The molecule has 1 aliphatic heterocycles. The number of ketones is 1. The van der Waals surface area contributed by atoms with Gasteiger partial charge in [-0.05, 0) is 12.0 Å². The fourth-order valence-corrected chi connectivity index (χ4v) is 5.09. The summed E-state index contributed by atoms with van der Waals surface area (Å²) in [5.41, 5.74) is 2.02. The molecule has 2 heterocycles. The number of carbonyl (C=O) groups excluding carboxylic acids is 2. The van der Waals surface area contributed by atoms with Gasteiger partial charge in [0.15, 0.2) is 5.78 Å². The Kier molecular flexibility index (Phi) is 5.20. The number of allylic oxidation sites excluding steroid dienone is 1. The lowest BCUT2D eigenvalue weighted by Gasteiger charge is -2.36. The van der Waals surface area contributed by atoms with Crippen molar-refractivity contribution in [3.05, 3.63) is 103 Å². The van der Waals surface area contributed by atoms with E-state index < -0.39 is 17.2 Å². The summed E-state index contributed by atoms with van der Waals surface area (Å²) in [5, 5.41) is 0. The number of amides is 1. The number of hydrogen-bond acceptors (Lipinski definition) is 4. The molecule has 172 valence electrons. The number of hydrogen-bond donors (Lipinski definition) is 0. The van der Waals surface area contributed by atoms with Gasteiger partial charge in [0.05, 0.1) is 11.3 Å². The molecule has 0 fully saturated rings. The number of Topliss-reactive ketones (excluding diaryl/α,β-unsaturated/α-hetero) is 1. The lowest BCUT2D eigenvalue weighted by molar-refractivity contribution is -0.118. The van der Waals surface area contributed by atoms with Gasteiger partial charge in [0.1, 0.15) is 5.82 Å². The molecule has 1 aliphatic carbocycles. The van der Waals surface area contributed by atoms with Gasteiger partial charge in [-0.1, -0.05) is 67.9 Å². The number of nitrogens with zero attached hydrogens (tertiary/aromatic N) is 3. The maximum absolute atomic E-state index is 13.8. The van der Waals surface area contributed by atoms with Crippen LogP contribution in [0.4, 0.5) is 5.82 Å². The number of fused-ring (bicyclic) bond motifs is 3. The van der Waals surface area contributed by atoms with Crippen molar-refractivity contribution < 1.29 is 9.59 Å². The highest BCUT2D eigenvalue weighted by Crippen LogP contribution is 2.51. The van der Waals surface area contributed by atoms with Gasteiger partial charge in [-0.25, -0.2) is 4.79 Å². The first-order valence-electron chi connectivity index (χ1n) is 11.4. The van der Waals surface area contributed by atoms with Gasteiger partial charge in [-0.15, -0.1) is 0 Å². The molecule has 0 radical (unpaired) electrons. The number of unbranched alkanes of at least 4 members (excludes halogenated alkanes) is 1. The van der Waals surface area contributed by atoms with Crippen molar-refractivity contribution in [1.82, 2.24) is 9.13 Å². The monoisotopic (exact) mass is 455 g/mol. The Morgan fingerprint density at radius 2 is 1.53 bits per heavy atom. The molecular weight excluding hydrogens is 430 g/mol. The van der Waals surface area contributed by atoms with Crippen LogP contribution in [0, 0.1) is 0 Å². The molecule has 2 aliphatic rings. The Labute approximate surface area is 196 Å². The third-order valence-corrected chi connectivity index (χ3v) is 6.73. The summed E-state index contributed by atoms with van der Waals surface area (Å²) in [6.45, 7) is 1.99. The molecule has 7 heteroatoms. The van der Waals surface area contributed by atoms with Crippen LogP contribution in [-0.4, -0.2) is 20.8 Å².